The quantitative estimate of drug-likeness (QED) is 0.542. The van der Waals surface area contributed by atoms with E-state index < -0.39 is 0 Å². The number of carbonyl (C=O) groups excluding carboxylic acids is 1. The molecule has 2 heterocycles. The van der Waals surface area contributed by atoms with Crippen molar-refractivity contribution in [2.75, 3.05) is 30.9 Å². The number of likely N-dealkylation sites (N-methyl/N-ethyl adjacent to an activating group) is 1. The van der Waals surface area contributed by atoms with Crippen LogP contribution in [-0.2, 0) is 9.53 Å². The molecule has 20 heavy (non-hydrogen) atoms. The van der Waals surface area contributed by atoms with Crippen LogP contribution in [-0.4, -0.2) is 37.1 Å². The van der Waals surface area contributed by atoms with Crippen molar-refractivity contribution >= 4 is 46.3 Å². The van der Waals surface area contributed by atoms with Gasteiger partial charge in [-0.2, -0.15) is 0 Å². The van der Waals surface area contributed by atoms with Gasteiger partial charge in [0.15, 0.2) is 5.82 Å². The van der Waals surface area contributed by atoms with E-state index in [2.05, 4.69) is 0 Å². The van der Waals surface area contributed by atoms with Gasteiger partial charge in [-0.1, -0.05) is 11.6 Å². The molecule has 1 aromatic carbocycles. The van der Waals surface area contributed by atoms with Gasteiger partial charge < -0.3 is 14.5 Å². The zero-order valence-corrected chi connectivity index (χ0v) is 12.7. The fourth-order valence-corrected chi connectivity index (χ4v) is 2.72. The summed E-state index contributed by atoms with van der Waals surface area (Å²) >= 11 is 11.0. The van der Waals surface area contributed by atoms with E-state index in [1.54, 1.807) is 7.05 Å². The number of thiocarbonyl (C=S) groups is 1. The molecule has 3 rings (SSSR count). The smallest absolute Gasteiger partial charge is 0.300 e. The van der Waals surface area contributed by atoms with Gasteiger partial charge in [-0.05, 0) is 30.4 Å². The van der Waals surface area contributed by atoms with Crippen LogP contribution in [0.5, 0.6) is 0 Å². The maximum atomic E-state index is 12.2. The molecule has 0 spiro atoms. The SMILES string of the molecule is CN1C(=O)/C(=C2/N(C)c3ccc(Cl)cc3N2C)OC1=S. The Labute approximate surface area is 127 Å². The highest BCUT2D eigenvalue weighted by Gasteiger charge is 2.39. The first-order valence-corrected chi connectivity index (χ1v) is 6.71. The predicted molar refractivity (Wildman–Crippen MR) is 81.7 cm³/mol. The number of benzene rings is 1. The normalized spacial score (nSPS) is 21.7. The molecule has 0 N–H and O–H groups in total. The molecule has 0 atom stereocenters. The van der Waals surface area contributed by atoms with Gasteiger partial charge in [-0.25, -0.2) is 0 Å². The van der Waals surface area contributed by atoms with Crippen molar-refractivity contribution in [1.29, 1.82) is 0 Å². The van der Waals surface area contributed by atoms with Gasteiger partial charge in [-0.3, -0.25) is 9.69 Å². The standard InChI is InChI=1S/C13H12ClN3O2S/c1-15-8-5-4-7(14)6-9(8)16(2)11(15)10-12(18)17(3)13(20)19-10/h4-6H,1-3H3/b11-10+. The molecule has 0 aliphatic carbocycles. The minimum absolute atomic E-state index is 0.160. The number of fused-ring (bicyclic) bond motifs is 1. The van der Waals surface area contributed by atoms with Crippen LogP contribution in [0.25, 0.3) is 0 Å². The summed E-state index contributed by atoms with van der Waals surface area (Å²) < 4.78 is 5.44. The summed E-state index contributed by atoms with van der Waals surface area (Å²) in [5.41, 5.74) is 1.87. The van der Waals surface area contributed by atoms with E-state index in [0.29, 0.717) is 10.8 Å². The van der Waals surface area contributed by atoms with Gasteiger partial charge in [0.2, 0.25) is 5.76 Å². The molecule has 1 saturated heterocycles. The molecule has 5 nitrogen and oxygen atoms in total. The lowest BCUT2D eigenvalue weighted by Crippen LogP contribution is -2.28. The molecule has 1 aromatic rings. The van der Waals surface area contributed by atoms with Crippen LogP contribution >= 0.6 is 23.8 Å². The first-order valence-electron chi connectivity index (χ1n) is 5.93. The summed E-state index contributed by atoms with van der Waals surface area (Å²) in [7, 11) is 5.33. The average Bonchev–Trinajstić information content (AvgIpc) is 2.79. The second-order valence-electron chi connectivity index (χ2n) is 4.64. The fourth-order valence-electron chi connectivity index (χ4n) is 2.38. The highest BCUT2D eigenvalue weighted by atomic mass is 35.5. The van der Waals surface area contributed by atoms with Crippen molar-refractivity contribution in [3.63, 3.8) is 0 Å². The van der Waals surface area contributed by atoms with E-state index in [4.69, 9.17) is 28.6 Å². The molecule has 2 aliphatic heterocycles. The number of hydrogen-bond donors (Lipinski definition) is 0. The van der Waals surface area contributed by atoms with Crippen LogP contribution in [0, 0.1) is 0 Å². The van der Waals surface area contributed by atoms with Gasteiger partial charge in [0.25, 0.3) is 5.17 Å². The maximum absolute atomic E-state index is 12.2. The Morgan fingerprint density at radius 1 is 1.10 bits per heavy atom. The number of anilines is 2. The van der Waals surface area contributed by atoms with Crippen LogP contribution < -0.4 is 9.80 Å². The van der Waals surface area contributed by atoms with Gasteiger partial charge in [0.05, 0.1) is 11.4 Å². The number of halogens is 1. The minimum atomic E-state index is -0.248. The van der Waals surface area contributed by atoms with Crippen LogP contribution in [0.15, 0.2) is 29.8 Å². The van der Waals surface area contributed by atoms with E-state index >= 15 is 0 Å². The number of ether oxygens (including phenoxy) is 1. The summed E-state index contributed by atoms with van der Waals surface area (Å²) in [6.07, 6.45) is 0. The van der Waals surface area contributed by atoms with Crippen molar-refractivity contribution < 1.29 is 9.53 Å². The van der Waals surface area contributed by atoms with E-state index in [9.17, 15) is 4.79 Å². The van der Waals surface area contributed by atoms with E-state index in [-0.39, 0.29) is 16.8 Å². The average molecular weight is 310 g/mol. The molecule has 0 radical (unpaired) electrons. The molecule has 0 unspecified atom stereocenters. The number of amides is 1. The summed E-state index contributed by atoms with van der Waals surface area (Å²) in [4.78, 5) is 17.3. The van der Waals surface area contributed by atoms with Gasteiger partial charge in [0, 0.05) is 26.2 Å². The Morgan fingerprint density at radius 2 is 1.75 bits per heavy atom. The van der Waals surface area contributed by atoms with E-state index in [1.807, 2.05) is 42.1 Å². The summed E-state index contributed by atoms with van der Waals surface area (Å²) in [5, 5.41) is 0.801. The molecule has 2 aliphatic rings. The molecular formula is C13H12ClN3O2S. The first kappa shape index (κ1) is 13.2. The third kappa shape index (κ3) is 1.68. The highest BCUT2D eigenvalue weighted by Crippen LogP contribution is 2.43. The number of carbonyl (C=O) groups is 1. The monoisotopic (exact) mass is 309 g/mol. The second kappa shape index (κ2) is 4.36. The molecule has 0 saturated carbocycles. The van der Waals surface area contributed by atoms with Crippen molar-refractivity contribution in [3.05, 3.63) is 34.8 Å². The lowest BCUT2D eigenvalue weighted by atomic mass is 10.2. The zero-order chi connectivity index (χ0) is 14.6. The number of rotatable bonds is 0. The van der Waals surface area contributed by atoms with Crippen molar-refractivity contribution in [2.45, 2.75) is 0 Å². The summed E-state index contributed by atoms with van der Waals surface area (Å²) in [6, 6.07) is 5.57. The molecule has 1 fully saturated rings. The lowest BCUT2D eigenvalue weighted by Gasteiger charge is -2.18. The molecule has 0 bridgehead atoms. The molecular weight excluding hydrogens is 298 g/mol. The van der Waals surface area contributed by atoms with Gasteiger partial charge in [0.1, 0.15) is 0 Å². The third-order valence-electron chi connectivity index (χ3n) is 3.46. The Morgan fingerprint density at radius 3 is 2.35 bits per heavy atom. The third-order valence-corrected chi connectivity index (χ3v) is 4.05. The van der Waals surface area contributed by atoms with E-state index in [1.165, 1.54) is 4.90 Å². The number of nitrogens with zero attached hydrogens (tertiary/aromatic N) is 3. The van der Waals surface area contributed by atoms with Crippen molar-refractivity contribution in [3.8, 4) is 0 Å². The lowest BCUT2D eigenvalue weighted by molar-refractivity contribution is -0.122. The maximum Gasteiger partial charge on any atom is 0.300 e. The Kier molecular flexibility index (Phi) is 2.88. The van der Waals surface area contributed by atoms with Crippen LogP contribution in [0.3, 0.4) is 0 Å². The summed E-state index contributed by atoms with van der Waals surface area (Å²) in [5.74, 6) is 0.636. The highest BCUT2D eigenvalue weighted by molar-refractivity contribution is 7.80. The van der Waals surface area contributed by atoms with Crippen LogP contribution in [0.2, 0.25) is 5.02 Å². The van der Waals surface area contributed by atoms with Gasteiger partial charge >= 0.3 is 5.91 Å². The van der Waals surface area contributed by atoms with E-state index in [0.717, 1.165) is 11.4 Å². The van der Waals surface area contributed by atoms with Gasteiger partial charge in [-0.15, -0.1) is 0 Å². The fraction of sp³-hybridized carbons (Fsp3) is 0.231. The first-order chi connectivity index (χ1) is 9.41. The molecule has 0 aromatic heterocycles. The Balaban J connectivity index is 2.15. The Bertz CT molecular complexity index is 674. The molecule has 7 heteroatoms. The minimum Gasteiger partial charge on any atom is -0.422 e. The topological polar surface area (TPSA) is 36.0 Å². The van der Waals surface area contributed by atoms with Crippen LogP contribution in [0.1, 0.15) is 0 Å². The Hall–Kier alpha value is -1.79. The summed E-state index contributed by atoms with van der Waals surface area (Å²) in [6.45, 7) is 0. The molecule has 104 valence electrons. The largest absolute Gasteiger partial charge is 0.422 e. The zero-order valence-electron chi connectivity index (χ0n) is 11.2. The predicted octanol–water partition coefficient (Wildman–Crippen LogP) is 2.17. The molecule has 1 amide bonds. The van der Waals surface area contributed by atoms with Crippen molar-refractivity contribution in [2.24, 2.45) is 0 Å². The van der Waals surface area contributed by atoms with Crippen LogP contribution in [0.4, 0.5) is 11.4 Å². The second-order valence-corrected chi connectivity index (χ2v) is 5.42. The number of hydrogen-bond acceptors (Lipinski definition) is 5. The van der Waals surface area contributed by atoms with Crippen molar-refractivity contribution in [1.82, 2.24) is 4.90 Å².